The summed E-state index contributed by atoms with van der Waals surface area (Å²) in [6, 6.07) is 9.06. The predicted octanol–water partition coefficient (Wildman–Crippen LogP) is 3.58. The van der Waals surface area contributed by atoms with Crippen molar-refractivity contribution in [3.8, 4) is 5.75 Å². The summed E-state index contributed by atoms with van der Waals surface area (Å²) in [6.45, 7) is 3.92. The van der Waals surface area contributed by atoms with Gasteiger partial charge in [0.25, 0.3) is 5.91 Å². The van der Waals surface area contributed by atoms with Crippen molar-refractivity contribution in [1.29, 1.82) is 0 Å². The Bertz CT molecular complexity index is 1040. The minimum Gasteiger partial charge on any atom is -0.495 e. The molecule has 0 saturated carbocycles. The molecule has 0 aliphatic carbocycles. The number of aryl methyl sites for hydroxylation is 1. The van der Waals surface area contributed by atoms with Gasteiger partial charge in [-0.25, -0.2) is 4.68 Å². The molecule has 1 unspecified atom stereocenters. The Hall–Kier alpha value is -3.13. The van der Waals surface area contributed by atoms with E-state index in [2.05, 4.69) is 20.7 Å². The van der Waals surface area contributed by atoms with Gasteiger partial charge < -0.3 is 15.4 Å². The Labute approximate surface area is 160 Å². The van der Waals surface area contributed by atoms with Crippen molar-refractivity contribution < 1.29 is 9.53 Å². The first-order chi connectivity index (χ1) is 13.1. The van der Waals surface area contributed by atoms with Crippen LogP contribution in [0.2, 0.25) is 0 Å². The first kappa shape index (κ1) is 17.3. The third-order valence-electron chi connectivity index (χ3n) is 4.54. The van der Waals surface area contributed by atoms with Crippen LogP contribution in [0.3, 0.4) is 0 Å². The molecule has 27 heavy (non-hydrogen) atoms. The molecule has 3 heterocycles. The lowest BCUT2D eigenvalue weighted by molar-refractivity contribution is -0.113. The van der Waals surface area contributed by atoms with Crippen LogP contribution < -0.4 is 15.4 Å². The number of anilines is 2. The Kier molecular flexibility index (Phi) is 4.41. The lowest BCUT2D eigenvalue weighted by Crippen LogP contribution is -2.31. The maximum Gasteiger partial charge on any atom is 0.256 e. The molecule has 1 aliphatic rings. The highest BCUT2D eigenvalue weighted by molar-refractivity contribution is 7.10. The summed E-state index contributed by atoms with van der Waals surface area (Å²) in [7, 11) is 1.58. The zero-order chi connectivity index (χ0) is 19.0. The van der Waals surface area contributed by atoms with Crippen molar-refractivity contribution >= 4 is 28.9 Å². The number of carbonyl (C=O) groups excluding carboxylic acids is 1. The molecule has 2 aromatic heterocycles. The number of hydrogen-bond donors (Lipinski definition) is 2. The molecular weight excluding hydrogens is 362 g/mol. The van der Waals surface area contributed by atoms with Crippen molar-refractivity contribution in [1.82, 2.24) is 14.8 Å². The van der Waals surface area contributed by atoms with Crippen LogP contribution in [0.25, 0.3) is 0 Å². The number of aromatic nitrogens is 3. The second-order valence-electron chi connectivity index (χ2n) is 6.22. The number of benzene rings is 1. The third kappa shape index (κ3) is 2.97. The molecule has 0 bridgehead atoms. The maximum absolute atomic E-state index is 13.3. The summed E-state index contributed by atoms with van der Waals surface area (Å²) in [4.78, 5) is 18.6. The molecule has 0 saturated heterocycles. The van der Waals surface area contributed by atoms with Gasteiger partial charge in [0.1, 0.15) is 18.1 Å². The molecular formula is C19H19N5O2S. The number of rotatable bonds is 4. The van der Waals surface area contributed by atoms with Crippen molar-refractivity contribution in [2.45, 2.75) is 19.9 Å². The van der Waals surface area contributed by atoms with Crippen LogP contribution in [0.4, 0.5) is 11.6 Å². The van der Waals surface area contributed by atoms with E-state index in [1.807, 2.05) is 49.6 Å². The van der Waals surface area contributed by atoms with Gasteiger partial charge in [0.05, 0.1) is 18.4 Å². The van der Waals surface area contributed by atoms with Gasteiger partial charge in [-0.3, -0.25) is 4.79 Å². The van der Waals surface area contributed by atoms with E-state index in [0.29, 0.717) is 23.0 Å². The number of nitrogens with zero attached hydrogens (tertiary/aromatic N) is 3. The van der Waals surface area contributed by atoms with Gasteiger partial charge in [0.15, 0.2) is 0 Å². The molecule has 0 fully saturated rings. The first-order valence-electron chi connectivity index (χ1n) is 8.45. The minimum atomic E-state index is -0.335. The molecule has 7 nitrogen and oxygen atoms in total. The number of ether oxygens (including phenoxy) is 1. The fraction of sp³-hybridized carbons (Fsp3) is 0.211. The molecule has 4 rings (SSSR count). The number of para-hydroxylation sites is 2. The molecule has 0 radical (unpaired) electrons. The van der Waals surface area contributed by atoms with Crippen LogP contribution in [-0.2, 0) is 4.79 Å². The number of carbonyl (C=O) groups is 1. The van der Waals surface area contributed by atoms with Crippen molar-refractivity contribution in [3.05, 3.63) is 63.7 Å². The quantitative estimate of drug-likeness (QED) is 0.722. The summed E-state index contributed by atoms with van der Waals surface area (Å²) in [5.41, 5.74) is 3.09. The van der Waals surface area contributed by atoms with E-state index in [1.165, 1.54) is 6.33 Å². The van der Waals surface area contributed by atoms with Crippen LogP contribution in [0.1, 0.15) is 23.4 Å². The maximum atomic E-state index is 13.3. The van der Waals surface area contributed by atoms with Crippen LogP contribution in [0.5, 0.6) is 5.75 Å². The summed E-state index contributed by atoms with van der Waals surface area (Å²) in [6.07, 6.45) is 1.49. The zero-order valence-corrected chi connectivity index (χ0v) is 16.0. The highest BCUT2D eigenvalue weighted by Crippen LogP contribution is 2.39. The van der Waals surface area contributed by atoms with E-state index in [0.717, 1.165) is 16.1 Å². The Morgan fingerprint density at radius 2 is 2.11 bits per heavy atom. The van der Waals surface area contributed by atoms with Crippen molar-refractivity contribution in [3.63, 3.8) is 0 Å². The van der Waals surface area contributed by atoms with Crippen LogP contribution in [-0.4, -0.2) is 27.8 Å². The minimum absolute atomic E-state index is 0.205. The van der Waals surface area contributed by atoms with Gasteiger partial charge >= 0.3 is 0 Å². The van der Waals surface area contributed by atoms with Crippen LogP contribution >= 0.6 is 11.3 Å². The smallest absolute Gasteiger partial charge is 0.256 e. The van der Waals surface area contributed by atoms with Gasteiger partial charge in [-0.2, -0.15) is 10.1 Å². The lowest BCUT2D eigenvalue weighted by atomic mass is 9.98. The third-order valence-corrected chi connectivity index (χ3v) is 5.62. The van der Waals surface area contributed by atoms with E-state index in [-0.39, 0.29) is 11.9 Å². The lowest BCUT2D eigenvalue weighted by Gasteiger charge is -2.28. The number of thiophene rings is 1. The van der Waals surface area contributed by atoms with Crippen LogP contribution in [0.15, 0.2) is 53.3 Å². The Balaban J connectivity index is 1.77. The SMILES string of the molecule is COc1ccccc1NC(=O)C1=C(C)Nc2ncnn2C1c1sccc1C. The second kappa shape index (κ2) is 6.88. The van der Waals surface area contributed by atoms with Gasteiger partial charge in [0.2, 0.25) is 5.95 Å². The fourth-order valence-corrected chi connectivity index (χ4v) is 4.25. The first-order valence-corrected chi connectivity index (χ1v) is 9.33. The number of allylic oxidation sites excluding steroid dienone is 1. The molecule has 1 aliphatic heterocycles. The van der Waals surface area contributed by atoms with Crippen LogP contribution in [0, 0.1) is 6.92 Å². The topological polar surface area (TPSA) is 81.1 Å². The number of methoxy groups -OCH3 is 1. The summed E-state index contributed by atoms with van der Waals surface area (Å²) in [5, 5.41) is 12.5. The van der Waals surface area contributed by atoms with E-state index < -0.39 is 0 Å². The van der Waals surface area contributed by atoms with Gasteiger partial charge in [-0.1, -0.05) is 12.1 Å². The predicted molar refractivity (Wildman–Crippen MR) is 105 cm³/mol. The number of hydrogen-bond acceptors (Lipinski definition) is 6. The molecule has 8 heteroatoms. The van der Waals surface area contributed by atoms with E-state index in [9.17, 15) is 4.79 Å². The number of amides is 1. The van der Waals surface area contributed by atoms with E-state index in [4.69, 9.17) is 4.74 Å². The molecule has 0 spiro atoms. The van der Waals surface area contributed by atoms with E-state index in [1.54, 1.807) is 23.1 Å². The molecule has 2 N–H and O–H groups in total. The Morgan fingerprint density at radius 3 is 2.85 bits per heavy atom. The zero-order valence-electron chi connectivity index (χ0n) is 15.2. The molecule has 3 aromatic rings. The second-order valence-corrected chi connectivity index (χ2v) is 7.16. The highest BCUT2D eigenvalue weighted by atomic mass is 32.1. The molecule has 1 amide bonds. The fourth-order valence-electron chi connectivity index (χ4n) is 3.23. The highest BCUT2D eigenvalue weighted by Gasteiger charge is 2.35. The van der Waals surface area contributed by atoms with Crippen molar-refractivity contribution in [2.24, 2.45) is 0 Å². The normalized spacial score (nSPS) is 15.9. The average Bonchev–Trinajstić information content (AvgIpc) is 3.29. The summed E-state index contributed by atoms with van der Waals surface area (Å²) in [5.74, 6) is 1.03. The monoisotopic (exact) mass is 381 g/mol. The summed E-state index contributed by atoms with van der Waals surface area (Å²) < 4.78 is 7.10. The number of fused-ring (bicyclic) bond motifs is 1. The molecule has 1 aromatic carbocycles. The van der Waals surface area contributed by atoms with Gasteiger partial charge in [-0.15, -0.1) is 11.3 Å². The van der Waals surface area contributed by atoms with Gasteiger partial charge in [0, 0.05) is 10.6 Å². The molecule has 1 atom stereocenters. The van der Waals surface area contributed by atoms with Gasteiger partial charge in [-0.05, 0) is 43.0 Å². The van der Waals surface area contributed by atoms with Crippen molar-refractivity contribution in [2.75, 3.05) is 17.7 Å². The number of nitrogens with one attached hydrogen (secondary N) is 2. The van der Waals surface area contributed by atoms with E-state index >= 15 is 0 Å². The average molecular weight is 381 g/mol. The standard InChI is InChI=1S/C19H19N5O2S/c1-11-8-9-27-17(11)16-15(12(2)22-19-20-10-21-24(16)19)18(25)23-13-6-4-5-7-14(13)26-3/h4-10,16H,1-3H3,(H,23,25)(H,20,21,22). The molecule has 138 valence electrons. The largest absolute Gasteiger partial charge is 0.495 e. The Morgan fingerprint density at radius 1 is 1.30 bits per heavy atom. The summed E-state index contributed by atoms with van der Waals surface area (Å²) >= 11 is 1.60.